The van der Waals surface area contributed by atoms with Crippen molar-refractivity contribution in [3.63, 3.8) is 0 Å². The Labute approximate surface area is 187 Å². The number of unbranched alkanes of at least 4 members (excludes halogenated alkanes) is 3. The van der Waals surface area contributed by atoms with Crippen molar-refractivity contribution in [1.29, 1.82) is 0 Å². The molecule has 12 nitrogen and oxygen atoms in total. The number of aliphatic hydroxyl groups is 7. The van der Waals surface area contributed by atoms with E-state index >= 15 is 0 Å². The van der Waals surface area contributed by atoms with Crippen LogP contribution in [0, 0.1) is 0 Å². The van der Waals surface area contributed by atoms with Crippen molar-refractivity contribution in [1.82, 2.24) is 0 Å². The molecule has 2 aliphatic rings. The highest BCUT2D eigenvalue weighted by Crippen LogP contribution is 2.26. The SMILES string of the molecule is [2H]C(CCCCCC)C(=O)OC1O[C@H](CO[C@@H]2O[C@H](CO)[C@@H](O)[C@H](O)[C@H]2O)[C@@H](O)[C@H](O)[C@H]1O. The molecular formula is C20H36O12. The maximum atomic E-state index is 12.2. The van der Waals surface area contributed by atoms with E-state index in [0.717, 1.165) is 19.3 Å². The molecule has 2 aliphatic heterocycles. The van der Waals surface area contributed by atoms with E-state index in [1.807, 2.05) is 6.92 Å². The van der Waals surface area contributed by atoms with Crippen molar-refractivity contribution in [2.45, 2.75) is 107 Å². The van der Waals surface area contributed by atoms with Crippen LogP contribution in [0.3, 0.4) is 0 Å². The van der Waals surface area contributed by atoms with Crippen molar-refractivity contribution in [2.75, 3.05) is 13.2 Å². The number of ether oxygens (including phenoxy) is 4. The summed E-state index contributed by atoms with van der Waals surface area (Å²) in [6, 6.07) is 0. The van der Waals surface area contributed by atoms with Crippen molar-refractivity contribution in [3.8, 4) is 0 Å². The Bertz CT molecular complexity index is 595. The van der Waals surface area contributed by atoms with Crippen LogP contribution in [-0.2, 0) is 23.7 Å². The van der Waals surface area contributed by atoms with Gasteiger partial charge in [0.2, 0.25) is 6.29 Å². The van der Waals surface area contributed by atoms with Crippen LogP contribution in [0.4, 0.5) is 0 Å². The van der Waals surface area contributed by atoms with Gasteiger partial charge in [-0.25, -0.2) is 0 Å². The van der Waals surface area contributed by atoms with Crippen LogP contribution in [0.1, 0.15) is 46.8 Å². The molecule has 2 fully saturated rings. The first-order valence-corrected chi connectivity index (χ1v) is 10.9. The summed E-state index contributed by atoms with van der Waals surface area (Å²) in [5.41, 5.74) is 0. The van der Waals surface area contributed by atoms with E-state index in [0.29, 0.717) is 6.42 Å². The fourth-order valence-electron chi connectivity index (χ4n) is 3.50. The fraction of sp³-hybridized carbons (Fsp3) is 0.950. The van der Waals surface area contributed by atoms with Crippen molar-refractivity contribution >= 4 is 5.97 Å². The molecule has 12 heteroatoms. The summed E-state index contributed by atoms with van der Waals surface area (Å²) in [6.07, 6.45) is -13.3. The molecule has 0 bridgehead atoms. The van der Waals surface area contributed by atoms with Gasteiger partial charge in [-0.15, -0.1) is 0 Å². The van der Waals surface area contributed by atoms with Gasteiger partial charge in [-0.3, -0.25) is 4.79 Å². The third-order valence-electron chi connectivity index (χ3n) is 5.54. The molecule has 0 aromatic rings. The van der Waals surface area contributed by atoms with Crippen LogP contribution in [0.2, 0.25) is 0 Å². The number of carbonyl (C=O) groups excluding carboxylic acids is 1. The van der Waals surface area contributed by atoms with E-state index in [4.69, 9.17) is 20.3 Å². The number of rotatable bonds is 11. The van der Waals surface area contributed by atoms with Crippen LogP contribution in [0.5, 0.6) is 0 Å². The topological polar surface area (TPSA) is 196 Å². The van der Waals surface area contributed by atoms with Gasteiger partial charge in [0.05, 0.1) is 13.2 Å². The van der Waals surface area contributed by atoms with Gasteiger partial charge < -0.3 is 54.7 Å². The van der Waals surface area contributed by atoms with Crippen LogP contribution >= 0.6 is 0 Å². The van der Waals surface area contributed by atoms with E-state index in [2.05, 4.69) is 0 Å². The van der Waals surface area contributed by atoms with Crippen LogP contribution in [-0.4, -0.2) is 116 Å². The molecule has 11 atom stereocenters. The summed E-state index contributed by atoms with van der Waals surface area (Å²) in [7, 11) is 0. The summed E-state index contributed by atoms with van der Waals surface area (Å²) < 4.78 is 28.8. The number of esters is 1. The molecule has 0 aromatic heterocycles. The van der Waals surface area contributed by atoms with E-state index in [9.17, 15) is 40.5 Å². The lowest BCUT2D eigenvalue weighted by atomic mass is 9.98. The van der Waals surface area contributed by atoms with Gasteiger partial charge in [0.1, 0.15) is 48.8 Å². The molecule has 32 heavy (non-hydrogen) atoms. The highest BCUT2D eigenvalue weighted by atomic mass is 16.7. The van der Waals surface area contributed by atoms with Crippen LogP contribution in [0.15, 0.2) is 0 Å². The lowest BCUT2D eigenvalue weighted by molar-refractivity contribution is -0.327. The van der Waals surface area contributed by atoms with Gasteiger partial charge in [0.25, 0.3) is 0 Å². The zero-order valence-corrected chi connectivity index (χ0v) is 18.0. The molecule has 0 aliphatic carbocycles. The van der Waals surface area contributed by atoms with E-state index in [1.165, 1.54) is 0 Å². The largest absolute Gasteiger partial charge is 0.433 e. The third kappa shape index (κ3) is 7.03. The summed E-state index contributed by atoms with van der Waals surface area (Å²) in [6.45, 7) is 0.831. The molecule has 0 amide bonds. The van der Waals surface area contributed by atoms with Gasteiger partial charge in [0.15, 0.2) is 6.29 Å². The minimum absolute atomic E-state index is 0.260. The Balaban J connectivity index is 1.93. The second kappa shape index (κ2) is 13.1. The standard InChI is InChI=1S/C20H36O12/c1-2-3-4-5-6-7-12(22)32-20-18(28)16(26)14(24)11(31-20)9-29-19-17(27)15(25)13(23)10(8-21)30-19/h10-11,13-21,23-28H,2-9H2,1H3/t10-,11-,13-,14-,15+,16+,17-,18-,19-,20?/m1/s1/i7D/t7?,10-,11-,13-,14-,15+,16+,17-,18-,19-,20?. The van der Waals surface area contributed by atoms with Crippen molar-refractivity contribution < 1.29 is 60.9 Å². The second-order valence-electron chi connectivity index (χ2n) is 8.04. The molecule has 0 saturated carbocycles. The fourth-order valence-corrected chi connectivity index (χ4v) is 3.50. The monoisotopic (exact) mass is 469 g/mol. The summed E-state index contributed by atoms with van der Waals surface area (Å²) >= 11 is 0. The molecule has 0 radical (unpaired) electrons. The smallest absolute Gasteiger partial charge is 0.308 e. The first kappa shape index (κ1) is 25.7. The molecule has 2 rings (SSSR count). The third-order valence-corrected chi connectivity index (χ3v) is 5.54. The Morgan fingerprint density at radius 3 is 2.00 bits per heavy atom. The molecule has 2 unspecified atom stereocenters. The van der Waals surface area contributed by atoms with Gasteiger partial charge in [0, 0.05) is 7.77 Å². The maximum absolute atomic E-state index is 12.2. The molecule has 2 heterocycles. The van der Waals surface area contributed by atoms with Crippen molar-refractivity contribution in [2.24, 2.45) is 0 Å². The second-order valence-corrected chi connectivity index (χ2v) is 8.04. The molecule has 2 saturated heterocycles. The average Bonchev–Trinajstić information content (AvgIpc) is 2.80. The summed E-state index contributed by atoms with van der Waals surface area (Å²) in [5.74, 6) is -0.951. The lowest BCUT2D eigenvalue weighted by Crippen LogP contribution is -2.61. The average molecular weight is 470 g/mol. The maximum Gasteiger partial charge on any atom is 0.308 e. The first-order chi connectivity index (χ1) is 15.6. The zero-order chi connectivity index (χ0) is 24.7. The molecule has 7 N–H and O–H groups in total. The minimum atomic E-state index is -1.78. The highest BCUT2D eigenvalue weighted by molar-refractivity contribution is 5.69. The Hall–Kier alpha value is -0.930. The number of hydrogen-bond donors (Lipinski definition) is 7. The van der Waals surface area contributed by atoms with E-state index in [1.54, 1.807) is 0 Å². The number of aliphatic hydroxyl groups excluding tert-OH is 7. The Kier molecular flexibility index (Phi) is 10.5. The predicted octanol–water partition coefficient (Wildman–Crippen LogP) is -2.49. The minimum Gasteiger partial charge on any atom is -0.433 e. The quantitative estimate of drug-likeness (QED) is 0.124. The van der Waals surface area contributed by atoms with Gasteiger partial charge in [-0.2, -0.15) is 0 Å². The van der Waals surface area contributed by atoms with E-state index < -0.39 is 87.0 Å². The molecule has 188 valence electrons. The molecule has 0 aromatic carbocycles. The van der Waals surface area contributed by atoms with Gasteiger partial charge >= 0.3 is 5.97 Å². The Morgan fingerprint density at radius 2 is 1.38 bits per heavy atom. The molecular weight excluding hydrogens is 432 g/mol. The molecule has 0 spiro atoms. The highest BCUT2D eigenvalue weighted by Gasteiger charge is 2.48. The number of hydrogen-bond acceptors (Lipinski definition) is 12. The first-order valence-electron chi connectivity index (χ1n) is 11.4. The number of carbonyl (C=O) groups is 1. The zero-order valence-electron chi connectivity index (χ0n) is 19.0. The summed E-state index contributed by atoms with van der Waals surface area (Å²) in [5, 5.41) is 69.3. The lowest BCUT2D eigenvalue weighted by Gasteiger charge is -2.42. The normalized spacial score (nSPS) is 41.7. The van der Waals surface area contributed by atoms with Gasteiger partial charge in [-0.05, 0) is 6.42 Å². The van der Waals surface area contributed by atoms with Gasteiger partial charge in [-0.1, -0.05) is 32.6 Å². The van der Waals surface area contributed by atoms with E-state index in [-0.39, 0.29) is 6.42 Å². The van der Waals surface area contributed by atoms with Crippen LogP contribution < -0.4 is 0 Å². The Morgan fingerprint density at radius 1 is 0.812 bits per heavy atom. The van der Waals surface area contributed by atoms with Crippen molar-refractivity contribution in [3.05, 3.63) is 0 Å². The predicted molar refractivity (Wildman–Crippen MR) is 106 cm³/mol. The summed E-state index contributed by atoms with van der Waals surface area (Å²) in [4.78, 5) is 12.2. The van der Waals surface area contributed by atoms with Crippen LogP contribution in [0.25, 0.3) is 0 Å².